The van der Waals surface area contributed by atoms with Crippen molar-refractivity contribution in [3.63, 3.8) is 0 Å². The summed E-state index contributed by atoms with van der Waals surface area (Å²) >= 11 is 0. The van der Waals surface area contributed by atoms with Crippen LogP contribution in [0.2, 0.25) is 0 Å². The van der Waals surface area contributed by atoms with Gasteiger partial charge in [0.2, 0.25) is 0 Å². The van der Waals surface area contributed by atoms with E-state index in [9.17, 15) is 0 Å². The van der Waals surface area contributed by atoms with Crippen LogP contribution < -0.4 is 0 Å². The van der Waals surface area contributed by atoms with E-state index in [1.807, 2.05) is 0 Å². The molecule has 4 N–H and O–H groups in total. The van der Waals surface area contributed by atoms with Crippen LogP contribution >= 0.6 is 0 Å². The maximum atomic E-state index is 8.36. The van der Waals surface area contributed by atoms with E-state index in [1.54, 1.807) is 0 Å². The molecule has 16 heteroatoms. The van der Waals surface area contributed by atoms with E-state index in [4.69, 9.17) is 61.3 Å². The maximum absolute atomic E-state index is 8.36. The van der Waals surface area contributed by atoms with Crippen LogP contribution in [0.15, 0.2) is 0 Å². The maximum Gasteiger partial charge on any atom is 0.291 e. The zero-order valence-electron chi connectivity index (χ0n) is 10.3. The van der Waals surface area contributed by atoms with Crippen molar-refractivity contribution in [2.75, 3.05) is 0 Å². The van der Waals surface area contributed by atoms with Gasteiger partial charge in [-0.3, -0.25) is 0 Å². The van der Waals surface area contributed by atoms with Crippen LogP contribution in [0, 0.1) is 40.5 Å². The predicted octanol–water partition coefficient (Wildman–Crippen LogP) is 0.416. The molecular weight excluding hydrogens is 296 g/mol. The first kappa shape index (κ1) is 30.1. The molecule has 16 nitrogen and oxygen atoms in total. The first-order valence-corrected chi connectivity index (χ1v) is 4.17. The molecule has 0 saturated heterocycles. The lowest BCUT2D eigenvalue weighted by atomic mass is 10.4. The third-order valence-electron chi connectivity index (χ3n) is 0.500. The Morgan fingerprint density at radius 2 is 0.650 bits per heavy atom. The standard InChI is InChI=1S/C4H10.4HNO3/c1-3-4-2;4*2-1(3)4/h3-4H2,1-2H3;4*(H,2,3,4). The van der Waals surface area contributed by atoms with Gasteiger partial charge >= 0.3 is 0 Å². The SMILES string of the molecule is CCCC.O=[N+]([O-])O.O=[N+]([O-])O.O=[N+]([O-])O.O=[N+]([O-])O. The van der Waals surface area contributed by atoms with Gasteiger partial charge in [-0.2, -0.15) is 0 Å². The smallest absolute Gasteiger partial charge is 0.291 e. The summed E-state index contributed by atoms with van der Waals surface area (Å²) in [5, 5.41) is 54.6. The van der Waals surface area contributed by atoms with E-state index in [0.717, 1.165) is 0 Å². The van der Waals surface area contributed by atoms with Crippen molar-refractivity contribution in [1.29, 1.82) is 0 Å². The summed E-state index contributed by atoms with van der Waals surface area (Å²) < 4.78 is 0. The minimum Gasteiger partial charge on any atom is -0.328 e. The Hall–Kier alpha value is -3.20. The van der Waals surface area contributed by atoms with Gasteiger partial charge in [0, 0.05) is 0 Å². The van der Waals surface area contributed by atoms with Crippen LogP contribution in [0.1, 0.15) is 26.7 Å². The molecule has 0 bridgehead atoms. The molecule has 0 fully saturated rings. The molecule has 0 aliphatic heterocycles. The van der Waals surface area contributed by atoms with Crippen molar-refractivity contribution in [1.82, 2.24) is 0 Å². The van der Waals surface area contributed by atoms with Crippen molar-refractivity contribution in [3.8, 4) is 0 Å². The molecule has 0 amide bonds. The fraction of sp³-hybridized carbons (Fsp3) is 1.00. The van der Waals surface area contributed by atoms with E-state index in [0.29, 0.717) is 0 Å². The number of nitrogens with zero attached hydrogens (tertiary/aromatic N) is 4. The topological polar surface area (TPSA) is 253 Å². The van der Waals surface area contributed by atoms with Crippen LogP contribution in [0.5, 0.6) is 0 Å². The van der Waals surface area contributed by atoms with E-state index >= 15 is 0 Å². The van der Waals surface area contributed by atoms with Gasteiger partial charge in [-0.1, -0.05) is 26.7 Å². The minimum absolute atomic E-state index is 1.32. The molecular formula is C4H14N4O12. The minimum atomic E-state index is -1.50. The van der Waals surface area contributed by atoms with E-state index in [-0.39, 0.29) is 0 Å². The van der Waals surface area contributed by atoms with Crippen LogP contribution in [0.4, 0.5) is 0 Å². The lowest BCUT2D eigenvalue weighted by molar-refractivity contribution is -0.742. The Labute approximate surface area is 109 Å². The average molecular weight is 310 g/mol. The van der Waals surface area contributed by atoms with Crippen LogP contribution in [-0.4, -0.2) is 41.2 Å². The zero-order valence-corrected chi connectivity index (χ0v) is 10.3. The van der Waals surface area contributed by atoms with Crippen molar-refractivity contribution < 1.29 is 41.2 Å². The number of unbranched alkanes of at least 4 members (excludes halogenated alkanes) is 1. The Kier molecular flexibility index (Phi) is 44.7. The zero-order chi connectivity index (χ0) is 17.7. The lowest BCUT2D eigenvalue weighted by Crippen LogP contribution is -1.81. The van der Waals surface area contributed by atoms with Crippen molar-refractivity contribution in [2.45, 2.75) is 26.7 Å². The van der Waals surface area contributed by atoms with Crippen molar-refractivity contribution in [2.24, 2.45) is 0 Å². The van der Waals surface area contributed by atoms with E-state index in [2.05, 4.69) is 13.8 Å². The molecule has 0 aliphatic rings. The summed E-state index contributed by atoms with van der Waals surface area (Å²) in [5.74, 6) is 0. The summed E-state index contributed by atoms with van der Waals surface area (Å²) in [4.78, 5) is 33.4. The largest absolute Gasteiger partial charge is 0.328 e. The predicted molar refractivity (Wildman–Crippen MR) is 55.7 cm³/mol. The highest BCUT2D eigenvalue weighted by molar-refractivity contribution is 4.12. The molecule has 0 radical (unpaired) electrons. The number of rotatable bonds is 1. The summed E-state index contributed by atoms with van der Waals surface area (Å²) in [7, 11) is 0. The second-order valence-electron chi connectivity index (χ2n) is 1.95. The molecule has 0 aromatic carbocycles. The van der Waals surface area contributed by atoms with Crippen LogP contribution in [0.25, 0.3) is 0 Å². The van der Waals surface area contributed by atoms with Crippen molar-refractivity contribution >= 4 is 0 Å². The molecule has 122 valence electrons. The highest BCUT2D eigenvalue weighted by Crippen LogP contribution is 1.76. The van der Waals surface area contributed by atoms with Gasteiger partial charge in [0.05, 0.1) is 0 Å². The summed E-state index contributed by atoms with van der Waals surface area (Å²) in [5.41, 5.74) is 0. The first-order valence-electron chi connectivity index (χ1n) is 4.17. The fourth-order valence-corrected chi connectivity index (χ4v) is 0. The molecule has 0 aromatic heterocycles. The highest BCUT2D eigenvalue weighted by atomic mass is 16.9. The quantitative estimate of drug-likeness (QED) is 0.379. The Balaban J connectivity index is -0.0000000469. The van der Waals surface area contributed by atoms with Gasteiger partial charge in [0.25, 0.3) is 20.3 Å². The van der Waals surface area contributed by atoms with Crippen molar-refractivity contribution in [3.05, 3.63) is 40.5 Å². The molecule has 0 saturated carbocycles. The van der Waals surface area contributed by atoms with Gasteiger partial charge in [-0.15, -0.1) is 40.5 Å². The molecule has 0 unspecified atom stereocenters. The molecule has 0 atom stereocenters. The van der Waals surface area contributed by atoms with Gasteiger partial charge in [0.15, 0.2) is 0 Å². The third kappa shape index (κ3) is 582. The molecule has 0 spiro atoms. The van der Waals surface area contributed by atoms with Gasteiger partial charge < -0.3 is 20.8 Å². The second kappa shape index (κ2) is 29.7. The summed E-state index contributed by atoms with van der Waals surface area (Å²) in [6.45, 7) is 4.36. The Bertz CT molecular complexity index is 190. The highest BCUT2D eigenvalue weighted by Gasteiger charge is 1.66. The number of hydrogen-bond acceptors (Lipinski definition) is 8. The molecule has 0 aliphatic carbocycles. The van der Waals surface area contributed by atoms with Gasteiger partial charge in [-0.05, 0) is 0 Å². The van der Waals surface area contributed by atoms with E-state index in [1.165, 1.54) is 12.8 Å². The number of hydrogen-bond donors (Lipinski definition) is 4. The lowest BCUT2D eigenvalue weighted by Gasteiger charge is -1.68. The molecule has 20 heavy (non-hydrogen) atoms. The molecule has 0 heterocycles. The Morgan fingerprint density at radius 1 is 0.600 bits per heavy atom. The van der Waals surface area contributed by atoms with Crippen LogP contribution in [-0.2, 0) is 0 Å². The third-order valence-corrected chi connectivity index (χ3v) is 0.500. The second-order valence-corrected chi connectivity index (χ2v) is 1.95. The fourth-order valence-electron chi connectivity index (χ4n) is 0. The Morgan fingerprint density at radius 3 is 0.650 bits per heavy atom. The molecule has 0 rings (SSSR count). The first-order chi connectivity index (χ1) is 8.84. The average Bonchev–Trinajstić information content (AvgIpc) is 2.13. The van der Waals surface area contributed by atoms with E-state index < -0.39 is 20.3 Å². The monoisotopic (exact) mass is 310 g/mol. The van der Waals surface area contributed by atoms with Gasteiger partial charge in [0.1, 0.15) is 0 Å². The van der Waals surface area contributed by atoms with Crippen LogP contribution in [0.3, 0.4) is 0 Å². The van der Waals surface area contributed by atoms with Gasteiger partial charge in [-0.25, -0.2) is 0 Å². The molecule has 0 aromatic rings. The summed E-state index contributed by atoms with van der Waals surface area (Å²) in [6, 6.07) is 0. The summed E-state index contributed by atoms with van der Waals surface area (Å²) in [6.07, 6.45) is 2.64. The normalized spacial score (nSPS) is 6.30.